The van der Waals surface area contributed by atoms with Crippen LogP contribution in [0.5, 0.6) is 5.75 Å². The van der Waals surface area contributed by atoms with E-state index in [1.165, 1.54) is 39.2 Å². The Kier molecular flexibility index (Phi) is 14.2. The fourth-order valence-electron chi connectivity index (χ4n) is 9.25. The predicted molar refractivity (Wildman–Crippen MR) is 250 cm³/mol. The maximum absolute atomic E-state index is 13.1. The molecule has 9 rings (SSSR count). The molecule has 5 aliphatic rings. The number of piperidine rings is 2. The Morgan fingerprint density at radius 3 is 2.35 bits per heavy atom. The van der Waals surface area contributed by atoms with Crippen molar-refractivity contribution in [3.8, 4) is 5.75 Å². The number of anilines is 4. The van der Waals surface area contributed by atoms with Gasteiger partial charge in [0.05, 0.1) is 40.7 Å². The zero-order chi connectivity index (χ0) is 46.6. The van der Waals surface area contributed by atoms with Crippen LogP contribution in [0.25, 0.3) is 10.9 Å². The first-order valence-electron chi connectivity index (χ1n) is 22.8. The Bertz CT molecular complexity index is 2570. The maximum atomic E-state index is 13.1. The number of amides is 5. The SMILES string of the molecule is CNC(=O)COc1cc2cc(Nc3nc(N4CCC(OC5CCCCC5)CC4)ncc3Cl)ccc2n(C(C)C)c1=O.CNC1CN(c2cccc3c2C(=O)N(C2CCC(=O)NC2=O)C3=O)C1. The maximum Gasteiger partial charge on any atom is 0.293 e. The number of hydrogen-bond acceptors (Lipinski definition) is 14. The summed E-state index contributed by atoms with van der Waals surface area (Å²) in [7, 11) is 3.41. The van der Waals surface area contributed by atoms with Crippen LogP contribution in [0.3, 0.4) is 0 Å². The van der Waals surface area contributed by atoms with Crippen LogP contribution < -0.4 is 41.4 Å². The number of ether oxygens (including phenoxy) is 2. The van der Waals surface area contributed by atoms with Gasteiger partial charge in [0, 0.05) is 62.8 Å². The smallest absolute Gasteiger partial charge is 0.293 e. The lowest BCUT2D eigenvalue weighted by atomic mass is 9.97. The number of rotatable bonds is 12. The van der Waals surface area contributed by atoms with Crippen LogP contribution in [0.4, 0.5) is 23.1 Å². The molecular formula is C47H57ClN10O8. The predicted octanol–water partition coefficient (Wildman–Crippen LogP) is 4.71. The number of aromatic nitrogens is 3. The number of carbonyl (C=O) groups excluding carboxylic acids is 5. The number of benzene rings is 2. The molecule has 350 valence electrons. The summed E-state index contributed by atoms with van der Waals surface area (Å²) in [6.07, 6.45) is 10.8. The van der Waals surface area contributed by atoms with Crippen molar-refractivity contribution in [2.45, 2.75) is 102 Å². The molecule has 1 saturated carbocycles. The summed E-state index contributed by atoms with van der Waals surface area (Å²) < 4.78 is 13.6. The summed E-state index contributed by atoms with van der Waals surface area (Å²) in [5.41, 5.74) is 2.61. The molecule has 4 aromatic rings. The first-order chi connectivity index (χ1) is 31.8. The molecule has 2 aromatic carbocycles. The van der Waals surface area contributed by atoms with Gasteiger partial charge in [-0.3, -0.25) is 39.0 Å². The van der Waals surface area contributed by atoms with Gasteiger partial charge in [-0.1, -0.05) is 36.9 Å². The van der Waals surface area contributed by atoms with Crippen molar-refractivity contribution in [1.82, 2.24) is 35.4 Å². The molecule has 4 N–H and O–H groups in total. The van der Waals surface area contributed by atoms with Crippen LogP contribution in [0.1, 0.15) is 98.4 Å². The standard InChI is InChI=1S/C30H39ClN6O4.C17H18N4O4/c1-19(2)37-25-10-9-21(15-20(25)16-26(29(37)39)40-18-27(38)32-3)34-28-24(31)17-33-30(35-28)36-13-11-23(12-14-36)41-22-7-5-4-6-8-22;1-18-9-7-20(8-9)11-4-2-3-10-14(11)17(25)21(16(10)24)12-5-6-13(22)19-15(12)23/h9-10,15-17,19,22-23H,4-8,11-14,18H2,1-3H3,(H,32,38)(H,33,34,35);2-4,9,12,18H,5-8H2,1H3,(H,19,22,23). The lowest BCUT2D eigenvalue weighted by molar-refractivity contribution is -0.136. The Morgan fingerprint density at radius 2 is 1.65 bits per heavy atom. The minimum atomic E-state index is -0.931. The molecule has 66 heavy (non-hydrogen) atoms. The third kappa shape index (κ3) is 9.85. The van der Waals surface area contributed by atoms with Gasteiger partial charge in [0.15, 0.2) is 18.2 Å². The zero-order valence-corrected chi connectivity index (χ0v) is 38.5. The Balaban J connectivity index is 0.000000201. The van der Waals surface area contributed by atoms with Gasteiger partial charge in [-0.05, 0) is 89.4 Å². The van der Waals surface area contributed by atoms with Crippen LogP contribution in [0.15, 0.2) is 53.5 Å². The molecule has 1 aliphatic carbocycles. The summed E-state index contributed by atoms with van der Waals surface area (Å²) in [6.45, 7) is 6.81. The lowest BCUT2D eigenvalue weighted by Gasteiger charge is -2.41. The highest BCUT2D eigenvalue weighted by Gasteiger charge is 2.46. The average Bonchev–Trinajstić information content (AvgIpc) is 3.55. The fourth-order valence-corrected chi connectivity index (χ4v) is 9.39. The lowest BCUT2D eigenvalue weighted by Crippen LogP contribution is -2.57. The van der Waals surface area contributed by atoms with Crippen LogP contribution in [0, 0.1) is 0 Å². The van der Waals surface area contributed by atoms with Crippen molar-refractivity contribution in [3.05, 3.63) is 75.2 Å². The number of fused-ring (bicyclic) bond motifs is 2. The highest BCUT2D eigenvalue weighted by Crippen LogP contribution is 2.36. The Hall–Kier alpha value is -6.11. The van der Waals surface area contributed by atoms with E-state index in [-0.39, 0.29) is 48.6 Å². The minimum absolute atomic E-state index is 0.108. The quantitative estimate of drug-likeness (QED) is 0.142. The van der Waals surface area contributed by atoms with Gasteiger partial charge in [0.2, 0.25) is 17.8 Å². The molecule has 1 atom stereocenters. The second-order valence-electron chi connectivity index (χ2n) is 17.6. The van der Waals surface area contributed by atoms with E-state index >= 15 is 0 Å². The summed E-state index contributed by atoms with van der Waals surface area (Å²) >= 11 is 6.50. The van der Waals surface area contributed by atoms with E-state index < -0.39 is 23.8 Å². The van der Waals surface area contributed by atoms with Crippen molar-refractivity contribution in [1.29, 1.82) is 0 Å². The largest absolute Gasteiger partial charge is 0.478 e. The molecule has 0 radical (unpaired) electrons. The van der Waals surface area contributed by atoms with Crippen LogP contribution in [-0.2, 0) is 19.1 Å². The molecule has 5 amide bonds. The molecule has 19 heteroatoms. The first kappa shape index (κ1) is 46.4. The average molecular weight is 925 g/mol. The van der Waals surface area contributed by atoms with Crippen molar-refractivity contribution in [2.75, 3.05) is 62.0 Å². The zero-order valence-electron chi connectivity index (χ0n) is 37.7. The number of hydrogen-bond donors (Lipinski definition) is 4. The monoisotopic (exact) mass is 924 g/mol. The molecule has 4 fully saturated rings. The molecule has 0 bridgehead atoms. The van der Waals surface area contributed by atoms with E-state index in [9.17, 15) is 28.8 Å². The van der Waals surface area contributed by atoms with Crippen LogP contribution in [0.2, 0.25) is 5.02 Å². The van der Waals surface area contributed by atoms with E-state index in [1.807, 2.05) is 50.1 Å². The van der Waals surface area contributed by atoms with Gasteiger partial charge in [0.1, 0.15) is 11.1 Å². The number of pyridine rings is 1. The summed E-state index contributed by atoms with van der Waals surface area (Å²) in [6, 6.07) is 11.8. The molecule has 18 nitrogen and oxygen atoms in total. The van der Waals surface area contributed by atoms with Crippen LogP contribution >= 0.6 is 11.6 Å². The normalized spacial score (nSPS) is 19.4. The topological polar surface area (TPSA) is 209 Å². The minimum Gasteiger partial charge on any atom is -0.478 e. The second kappa shape index (κ2) is 20.2. The number of imide groups is 2. The number of nitrogens with zero attached hydrogens (tertiary/aromatic N) is 6. The molecule has 3 saturated heterocycles. The highest BCUT2D eigenvalue weighted by atomic mass is 35.5. The van der Waals surface area contributed by atoms with E-state index in [1.54, 1.807) is 29.0 Å². The third-order valence-electron chi connectivity index (χ3n) is 12.9. The number of carbonyl (C=O) groups is 5. The van der Waals surface area contributed by atoms with E-state index in [2.05, 4.69) is 31.2 Å². The number of halogens is 1. The van der Waals surface area contributed by atoms with Crippen LogP contribution in [-0.4, -0.2) is 120 Å². The van der Waals surface area contributed by atoms with Gasteiger partial charge in [-0.2, -0.15) is 4.98 Å². The fraction of sp³-hybridized carbons (Fsp3) is 0.489. The van der Waals surface area contributed by atoms with Crippen molar-refractivity contribution < 1.29 is 33.4 Å². The summed E-state index contributed by atoms with van der Waals surface area (Å²) in [5, 5.41) is 12.4. The van der Waals surface area contributed by atoms with Crippen molar-refractivity contribution in [3.63, 3.8) is 0 Å². The number of nitrogens with one attached hydrogen (secondary N) is 4. The first-order valence-corrected chi connectivity index (χ1v) is 23.2. The Labute approximate surface area is 387 Å². The van der Waals surface area contributed by atoms with Crippen molar-refractivity contribution >= 4 is 75.2 Å². The summed E-state index contributed by atoms with van der Waals surface area (Å²) in [5.74, 6) is -0.961. The molecule has 6 heterocycles. The van der Waals surface area contributed by atoms with E-state index in [0.29, 0.717) is 46.2 Å². The Morgan fingerprint density at radius 1 is 0.909 bits per heavy atom. The van der Waals surface area contributed by atoms with Gasteiger partial charge < -0.3 is 39.8 Å². The molecule has 1 unspecified atom stereocenters. The number of likely N-dealkylation sites (N-methyl/N-ethyl adjacent to an activating group) is 2. The molecular weight excluding hydrogens is 868 g/mol. The van der Waals surface area contributed by atoms with Gasteiger partial charge >= 0.3 is 0 Å². The molecule has 0 spiro atoms. The van der Waals surface area contributed by atoms with E-state index in [4.69, 9.17) is 26.1 Å². The van der Waals surface area contributed by atoms with E-state index in [0.717, 1.165) is 66.2 Å². The van der Waals surface area contributed by atoms with Gasteiger partial charge in [-0.25, -0.2) is 4.98 Å². The van der Waals surface area contributed by atoms with Crippen molar-refractivity contribution in [2.24, 2.45) is 0 Å². The van der Waals surface area contributed by atoms with Gasteiger partial charge in [-0.15, -0.1) is 0 Å². The highest BCUT2D eigenvalue weighted by molar-refractivity contribution is 6.33. The molecule has 4 aliphatic heterocycles. The second-order valence-corrected chi connectivity index (χ2v) is 18.0. The summed E-state index contributed by atoms with van der Waals surface area (Å²) in [4.78, 5) is 88.4. The van der Waals surface area contributed by atoms with Gasteiger partial charge in [0.25, 0.3) is 23.3 Å². The third-order valence-corrected chi connectivity index (χ3v) is 13.2. The molecule has 2 aromatic heterocycles.